The summed E-state index contributed by atoms with van der Waals surface area (Å²) in [5.41, 5.74) is -0.181. The summed E-state index contributed by atoms with van der Waals surface area (Å²) in [6.45, 7) is 0.271. The van der Waals surface area contributed by atoms with E-state index in [1.54, 1.807) is 0 Å². The van der Waals surface area contributed by atoms with Crippen molar-refractivity contribution in [1.82, 2.24) is 4.72 Å². The monoisotopic (exact) mass is 305 g/mol. The van der Waals surface area contributed by atoms with E-state index < -0.39 is 15.8 Å². The van der Waals surface area contributed by atoms with Crippen LogP contribution in [0.5, 0.6) is 0 Å². The molecule has 0 radical (unpaired) electrons. The molecule has 0 amide bonds. The second-order valence-electron chi connectivity index (χ2n) is 5.10. The first-order valence-corrected chi connectivity index (χ1v) is 8.31. The van der Waals surface area contributed by atoms with Gasteiger partial charge in [-0.15, -0.1) is 11.6 Å². The Morgan fingerprint density at radius 3 is 2.47 bits per heavy atom. The molecule has 0 aromatic heterocycles. The summed E-state index contributed by atoms with van der Waals surface area (Å²) in [6.07, 6.45) is 3.95. The van der Waals surface area contributed by atoms with Crippen LogP contribution in [-0.4, -0.2) is 20.8 Å². The van der Waals surface area contributed by atoms with Crippen molar-refractivity contribution in [2.24, 2.45) is 5.41 Å². The fraction of sp³-hybridized carbons (Fsp3) is 0.538. The molecule has 1 aromatic rings. The molecule has 106 valence electrons. The number of rotatable bonds is 5. The van der Waals surface area contributed by atoms with Crippen LogP contribution < -0.4 is 4.72 Å². The molecule has 1 saturated carbocycles. The molecule has 0 atom stereocenters. The van der Waals surface area contributed by atoms with Gasteiger partial charge in [0.25, 0.3) is 0 Å². The van der Waals surface area contributed by atoms with Gasteiger partial charge >= 0.3 is 0 Å². The Hall–Kier alpha value is -0.650. The summed E-state index contributed by atoms with van der Waals surface area (Å²) in [4.78, 5) is -0.308. The van der Waals surface area contributed by atoms with Gasteiger partial charge in [-0.25, -0.2) is 17.5 Å². The number of nitrogens with one attached hydrogen (secondary N) is 1. The lowest BCUT2D eigenvalue weighted by molar-refractivity contribution is 0.342. The third kappa shape index (κ3) is 3.27. The lowest BCUT2D eigenvalue weighted by Crippen LogP contribution is -2.37. The summed E-state index contributed by atoms with van der Waals surface area (Å²) in [5, 5.41) is 0. The zero-order valence-electron chi connectivity index (χ0n) is 10.5. The van der Waals surface area contributed by atoms with Gasteiger partial charge in [-0.3, -0.25) is 0 Å². The van der Waals surface area contributed by atoms with Crippen molar-refractivity contribution in [3.05, 3.63) is 30.1 Å². The summed E-state index contributed by atoms with van der Waals surface area (Å²) in [5.74, 6) is -0.311. The Morgan fingerprint density at radius 1 is 1.26 bits per heavy atom. The zero-order chi connectivity index (χ0) is 13.9. The van der Waals surface area contributed by atoms with Gasteiger partial charge in [0.1, 0.15) is 10.7 Å². The molecule has 0 spiro atoms. The molecule has 0 bridgehead atoms. The largest absolute Gasteiger partial charge is 0.243 e. The molecule has 1 aliphatic rings. The van der Waals surface area contributed by atoms with E-state index in [0.29, 0.717) is 5.88 Å². The van der Waals surface area contributed by atoms with Crippen molar-refractivity contribution in [2.45, 2.75) is 30.6 Å². The molecular formula is C13H17ClFNO2S. The highest BCUT2D eigenvalue weighted by Gasteiger charge is 2.34. The van der Waals surface area contributed by atoms with E-state index in [1.165, 1.54) is 18.2 Å². The molecule has 1 fully saturated rings. The van der Waals surface area contributed by atoms with Crippen LogP contribution in [0.4, 0.5) is 4.39 Å². The van der Waals surface area contributed by atoms with Crippen molar-refractivity contribution < 1.29 is 12.8 Å². The molecule has 0 saturated heterocycles. The van der Waals surface area contributed by atoms with Crippen molar-refractivity contribution in [1.29, 1.82) is 0 Å². The molecule has 19 heavy (non-hydrogen) atoms. The van der Waals surface area contributed by atoms with Gasteiger partial charge in [-0.2, -0.15) is 0 Å². The molecule has 1 aliphatic carbocycles. The third-order valence-electron chi connectivity index (χ3n) is 3.71. The molecule has 0 heterocycles. The fourth-order valence-corrected chi connectivity index (χ4v) is 4.07. The first kappa shape index (κ1) is 14.8. The number of hydrogen-bond acceptors (Lipinski definition) is 2. The first-order valence-electron chi connectivity index (χ1n) is 6.29. The predicted octanol–water partition coefficient (Wildman–Crippen LogP) is 2.90. The van der Waals surface area contributed by atoms with Gasteiger partial charge in [0, 0.05) is 12.4 Å². The van der Waals surface area contributed by atoms with E-state index in [9.17, 15) is 12.8 Å². The van der Waals surface area contributed by atoms with Crippen LogP contribution in [0.15, 0.2) is 29.2 Å². The van der Waals surface area contributed by atoms with Crippen LogP contribution in [0.25, 0.3) is 0 Å². The van der Waals surface area contributed by atoms with E-state index in [2.05, 4.69) is 4.72 Å². The van der Waals surface area contributed by atoms with Gasteiger partial charge in [0.05, 0.1) is 0 Å². The molecule has 2 rings (SSSR count). The van der Waals surface area contributed by atoms with Gasteiger partial charge in [0.15, 0.2) is 0 Å². The van der Waals surface area contributed by atoms with Gasteiger partial charge in [-0.1, -0.05) is 25.0 Å². The quantitative estimate of drug-likeness (QED) is 0.850. The predicted molar refractivity (Wildman–Crippen MR) is 73.2 cm³/mol. The van der Waals surface area contributed by atoms with Gasteiger partial charge < -0.3 is 0 Å². The Kier molecular flexibility index (Phi) is 4.48. The molecule has 6 heteroatoms. The van der Waals surface area contributed by atoms with Gasteiger partial charge in [0.2, 0.25) is 10.0 Å². The van der Waals surface area contributed by atoms with E-state index in [1.807, 2.05) is 0 Å². The summed E-state index contributed by atoms with van der Waals surface area (Å²) < 4.78 is 40.2. The Labute approximate surface area is 118 Å². The summed E-state index contributed by atoms with van der Waals surface area (Å²) in [6, 6.07) is 5.37. The summed E-state index contributed by atoms with van der Waals surface area (Å²) in [7, 11) is -3.81. The van der Waals surface area contributed by atoms with Crippen LogP contribution in [0.3, 0.4) is 0 Å². The molecule has 1 N–H and O–H groups in total. The average molecular weight is 306 g/mol. The van der Waals surface area contributed by atoms with Gasteiger partial charge in [-0.05, 0) is 30.4 Å². The highest BCUT2D eigenvalue weighted by Crippen LogP contribution is 2.38. The first-order chi connectivity index (χ1) is 8.99. The van der Waals surface area contributed by atoms with E-state index in [-0.39, 0.29) is 16.9 Å². The molecule has 3 nitrogen and oxygen atoms in total. The zero-order valence-corrected chi connectivity index (χ0v) is 12.1. The maximum Gasteiger partial charge on any atom is 0.243 e. The second kappa shape index (κ2) is 5.77. The third-order valence-corrected chi connectivity index (χ3v) is 5.71. The SMILES string of the molecule is O=S(=O)(NCC1(CCl)CCCC1)c1ccccc1F. The van der Waals surface area contributed by atoms with E-state index >= 15 is 0 Å². The fourth-order valence-electron chi connectivity index (χ4n) is 2.47. The second-order valence-corrected chi connectivity index (χ2v) is 7.10. The maximum atomic E-state index is 13.5. The summed E-state index contributed by atoms with van der Waals surface area (Å²) >= 11 is 5.96. The number of halogens is 2. The minimum atomic E-state index is -3.81. The normalized spacial score (nSPS) is 18.6. The molecule has 0 unspecified atom stereocenters. The van der Waals surface area contributed by atoms with Crippen molar-refractivity contribution in [3.8, 4) is 0 Å². The van der Waals surface area contributed by atoms with Crippen LogP contribution in [0.1, 0.15) is 25.7 Å². The number of alkyl halides is 1. The van der Waals surface area contributed by atoms with Crippen molar-refractivity contribution in [3.63, 3.8) is 0 Å². The number of hydrogen-bond donors (Lipinski definition) is 1. The van der Waals surface area contributed by atoms with Crippen LogP contribution in [-0.2, 0) is 10.0 Å². The standard InChI is InChI=1S/C13H17ClFNO2S/c14-9-13(7-3-4-8-13)10-16-19(17,18)12-6-2-1-5-11(12)15/h1-2,5-6,16H,3-4,7-10H2. The van der Waals surface area contributed by atoms with Crippen molar-refractivity contribution in [2.75, 3.05) is 12.4 Å². The van der Waals surface area contributed by atoms with Crippen LogP contribution >= 0.6 is 11.6 Å². The van der Waals surface area contributed by atoms with E-state index in [0.717, 1.165) is 31.7 Å². The smallest absolute Gasteiger partial charge is 0.210 e. The minimum Gasteiger partial charge on any atom is -0.210 e. The lowest BCUT2D eigenvalue weighted by atomic mass is 9.89. The highest BCUT2D eigenvalue weighted by molar-refractivity contribution is 7.89. The Bertz CT molecular complexity index is 541. The molecular weight excluding hydrogens is 289 g/mol. The van der Waals surface area contributed by atoms with Crippen molar-refractivity contribution >= 4 is 21.6 Å². The number of benzene rings is 1. The Morgan fingerprint density at radius 2 is 1.89 bits per heavy atom. The molecule has 1 aromatic carbocycles. The van der Waals surface area contributed by atoms with Crippen LogP contribution in [0, 0.1) is 11.2 Å². The number of sulfonamides is 1. The highest BCUT2D eigenvalue weighted by atomic mass is 35.5. The topological polar surface area (TPSA) is 46.2 Å². The maximum absolute atomic E-state index is 13.5. The van der Waals surface area contributed by atoms with Crippen LogP contribution in [0.2, 0.25) is 0 Å². The average Bonchev–Trinajstić information content (AvgIpc) is 2.86. The molecule has 0 aliphatic heterocycles. The minimum absolute atomic E-state index is 0.181. The Balaban J connectivity index is 2.12. The lowest BCUT2D eigenvalue weighted by Gasteiger charge is -2.26. The van der Waals surface area contributed by atoms with E-state index in [4.69, 9.17) is 11.6 Å².